The molecule has 0 bridgehead atoms. The fourth-order valence-electron chi connectivity index (χ4n) is 3.04. The zero-order valence-corrected chi connectivity index (χ0v) is 14.8. The van der Waals surface area contributed by atoms with Crippen LogP contribution in [0.5, 0.6) is 0 Å². The molecular weight excluding hydrogens is 302 g/mol. The summed E-state index contributed by atoms with van der Waals surface area (Å²) < 4.78 is 5.47. The highest BCUT2D eigenvalue weighted by Gasteiger charge is 2.31. The second kappa shape index (κ2) is 6.30. The molecule has 1 aromatic carbocycles. The summed E-state index contributed by atoms with van der Waals surface area (Å²) in [5.74, 6) is 0. The molecule has 3 rings (SSSR count). The maximum atomic E-state index is 12.2. The number of carbonyl (C=O) groups excluding carboxylic acids is 1. The van der Waals surface area contributed by atoms with Crippen molar-refractivity contribution in [1.82, 2.24) is 9.88 Å². The van der Waals surface area contributed by atoms with Crippen LogP contribution in [0.15, 0.2) is 36.5 Å². The first kappa shape index (κ1) is 16.6. The lowest BCUT2D eigenvalue weighted by atomic mass is 10.1. The average molecular weight is 327 g/mol. The Bertz CT molecular complexity index is 739. The van der Waals surface area contributed by atoms with Crippen LogP contribution in [0.25, 0.3) is 10.9 Å². The predicted octanol–water partition coefficient (Wildman–Crippen LogP) is 3.68. The maximum absolute atomic E-state index is 12.2. The SMILES string of the molecule is CN(c1ccc2cccnc2c1)[C@@H]1CCN(C(=O)OC(C)(C)C)C1. The van der Waals surface area contributed by atoms with Gasteiger partial charge in [-0.05, 0) is 45.4 Å². The van der Waals surface area contributed by atoms with Crippen molar-refractivity contribution in [2.75, 3.05) is 25.0 Å². The van der Waals surface area contributed by atoms with Crippen molar-refractivity contribution in [3.05, 3.63) is 36.5 Å². The van der Waals surface area contributed by atoms with Crippen LogP contribution in [-0.4, -0.2) is 47.8 Å². The fraction of sp³-hybridized carbons (Fsp3) is 0.474. The minimum Gasteiger partial charge on any atom is -0.444 e. The Morgan fingerprint density at radius 1 is 1.33 bits per heavy atom. The second-order valence-corrected chi connectivity index (χ2v) is 7.36. The highest BCUT2D eigenvalue weighted by molar-refractivity contribution is 5.82. The molecule has 0 unspecified atom stereocenters. The van der Waals surface area contributed by atoms with Crippen LogP contribution in [-0.2, 0) is 4.74 Å². The number of likely N-dealkylation sites (N-methyl/N-ethyl adjacent to an activating group) is 1. The first-order chi connectivity index (χ1) is 11.3. The third-order valence-electron chi connectivity index (χ3n) is 4.36. The number of benzene rings is 1. The van der Waals surface area contributed by atoms with Gasteiger partial charge in [0.25, 0.3) is 0 Å². The number of nitrogens with zero attached hydrogens (tertiary/aromatic N) is 3. The third kappa shape index (κ3) is 3.61. The lowest BCUT2D eigenvalue weighted by molar-refractivity contribution is 0.0292. The summed E-state index contributed by atoms with van der Waals surface area (Å²) in [6, 6.07) is 10.6. The van der Waals surface area contributed by atoms with Gasteiger partial charge in [-0.2, -0.15) is 0 Å². The van der Waals surface area contributed by atoms with Crippen molar-refractivity contribution >= 4 is 22.7 Å². The summed E-state index contributed by atoms with van der Waals surface area (Å²) in [5.41, 5.74) is 1.66. The molecular formula is C19H25N3O2. The van der Waals surface area contributed by atoms with Crippen LogP contribution in [0.4, 0.5) is 10.5 Å². The van der Waals surface area contributed by atoms with Gasteiger partial charge in [0.2, 0.25) is 0 Å². The lowest BCUT2D eigenvalue weighted by Crippen LogP contribution is -2.39. The summed E-state index contributed by atoms with van der Waals surface area (Å²) in [7, 11) is 2.08. The van der Waals surface area contributed by atoms with E-state index in [9.17, 15) is 4.79 Å². The number of hydrogen-bond acceptors (Lipinski definition) is 4. The van der Waals surface area contributed by atoms with Crippen molar-refractivity contribution in [2.45, 2.75) is 38.8 Å². The first-order valence-corrected chi connectivity index (χ1v) is 8.39. The second-order valence-electron chi connectivity index (χ2n) is 7.36. The molecule has 1 aromatic heterocycles. The average Bonchev–Trinajstić information content (AvgIpc) is 3.02. The molecule has 1 saturated heterocycles. The molecule has 0 saturated carbocycles. The zero-order chi connectivity index (χ0) is 17.3. The van der Waals surface area contributed by atoms with E-state index in [1.54, 1.807) is 4.90 Å². The number of pyridine rings is 1. The van der Waals surface area contributed by atoms with Gasteiger partial charge in [-0.25, -0.2) is 4.79 Å². The van der Waals surface area contributed by atoms with E-state index in [0.717, 1.165) is 29.6 Å². The summed E-state index contributed by atoms with van der Waals surface area (Å²) in [5, 5.41) is 1.14. The highest BCUT2D eigenvalue weighted by atomic mass is 16.6. The highest BCUT2D eigenvalue weighted by Crippen LogP contribution is 2.25. The standard InChI is InChI=1S/C19H25N3O2/c1-19(2,3)24-18(23)22-11-9-16(13-22)21(4)15-8-7-14-6-5-10-20-17(14)12-15/h5-8,10,12,16H,9,11,13H2,1-4H3/t16-/m1/s1. The van der Waals surface area contributed by atoms with Gasteiger partial charge >= 0.3 is 6.09 Å². The van der Waals surface area contributed by atoms with Crippen molar-refractivity contribution < 1.29 is 9.53 Å². The molecule has 0 N–H and O–H groups in total. The molecule has 1 atom stereocenters. The van der Waals surface area contributed by atoms with Crippen molar-refractivity contribution in [2.24, 2.45) is 0 Å². The Morgan fingerprint density at radius 3 is 2.88 bits per heavy atom. The third-order valence-corrected chi connectivity index (χ3v) is 4.36. The molecule has 5 nitrogen and oxygen atoms in total. The van der Waals surface area contributed by atoms with Gasteiger partial charge < -0.3 is 14.5 Å². The van der Waals surface area contributed by atoms with Crippen LogP contribution in [0.1, 0.15) is 27.2 Å². The van der Waals surface area contributed by atoms with Crippen molar-refractivity contribution in [3.8, 4) is 0 Å². The number of hydrogen-bond donors (Lipinski definition) is 0. The Morgan fingerprint density at radius 2 is 2.12 bits per heavy atom. The minimum atomic E-state index is -0.453. The van der Waals surface area contributed by atoms with Crippen LogP contribution >= 0.6 is 0 Å². The molecule has 5 heteroatoms. The van der Waals surface area contributed by atoms with E-state index in [2.05, 4.69) is 41.2 Å². The van der Waals surface area contributed by atoms with E-state index in [0.29, 0.717) is 12.6 Å². The molecule has 1 fully saturated rings. The summed E-state index contributed by atoms with van der Waals surface area (Å²) in [6.07, 6.45) is 2.53. The Hall–Kier alpha value is -2.30. The Kier molecular flexibility index (Phi) is 4.35. The molecule has 0 aliphatic carbocycles. The van der Waals surface area contributed by atoms with Gasteiger partial charge in [-0.1, -0.05) is 12.1 Å². The molecule has 1 amide bonds. The number of ether oxygens (including phenoxy) is 1. The maximum Gasteiger partial charge on any atom is 0.410 e. The van der Waals surface area contributed by atoms with Crippen LogP contribution < -0.4 is 4.90 Å². The number of anilines is 1. The lowest BCUT2D eigenvalue weighted by Gasteiger charge is -2.28. The van der Waals surface area contributed by atoms with Gasteiger partial charge in [-0.3, -0.25) is 4.98 Å². The largest absolute Gasteiger partial charge is 0.444 e. The summed E-state index contributed by atoms with van der Waals surface area (Å²) >= 11 is 0. The Labute approximate surface area is 143 Å². The molecule has 2 heterocycles. The van der Waals surface area contributed by atoms with E-state index in [4.69, 9.17) is 4.74 Å². The summed E-state index contributed by atoms with van der Waals surface area (Å²) in [6.45, 7) is 7.10. The van der Waals surface area contributed by atoms with Gasteiger partial charge in [-0.15, -0.1) is 0 Å². The van der Waals surface area contributed by atoms with Gasteiger partial charge in [0, 0.05) is 43.4 Å². The number of aromatic nitrogens is 1. The summed E-state index contributed by atoms with van der Waals surface area (Å²) in [4.78, 5) is 20.7. The number of carbonyl (C=O) groups is 1. The van der Waals surface area contributed by atoms with E-state index < -0.39 is 5.60 Å². The normalized spacial score (nSPS) is 18.0. The van der Waals surface area contributed by atoms with E-state index >= 15 is 0 Å². The smallest absolute Gasteiger partial charge is 0.410 e. The molecule has 0 spiro atoms. The van der Waals surface area contributed by atoms with Crippen LogP contribution in [0.3, 0.4) is 0 Å². The van der Waals surface area contributed by atoms with E-state index in [-0.39, 0.29) is 6.09 Å². The molecule has 24 heavy (non-hydrogen) atoms. The van der Waals surface area contributed by atoms with Gasteiger partial charge in [0.1, 0.15) is 5.60 Å². The quantitative estimate of drug-likeness (QED) is 0.844. The first-order valence-electron chi connectivity index (χ1n) is 8.39. The van der Waals surface area contributed by atoms with E-state index in [1.165, 1.54) is 0 Å². The van der Waals surface area contributed by atoms with Gasteiger partial charge in [0.05, 0.1) is 5.52 Å². The topological polar surface area (TPSA) is 45.7 Å². The number of amides is 1. The minimum absolute atomic E-state index is 0.224. The molecule has 0 radical (unpaired) electrons. The van der Waals surface area contributed by atoms with Crippen LogP contribution in [0, 0.1) is 0 Å². The molecule has 2 aromatic rings. The monoisotopic (exact) mass is 327 g/mol. The van der Waals surface area contributed by atoms with Crippen LogP contribution in [0.2, 0.25) is 0 Å². The van der Waals surface area contributed by atoms with Crippen molar-refractivity contribution in [3.63, 3.8) is 0 Å². The molecule has 1 aliphatic rings. The molecule has 1 aliphatic heterocycles. The van der Waals surface area contributed by atoms with Crippen molar-refractivity contribution in [1.29, 1.82) is 0 Å². The predicted molar refractivity (Wildman–Crippen MR) is 96.4 cm³/mol. The van der Waals surface area contributed by atoms with E-state index in [1.807, 2.05) is 33.0 Å². The number of rotatable bonds is 2. The zero-order valence-electron chi connectivity index (χ0n) is 14.8. The fourth-order valence-corrected chi connectivity index (χ4v) is 3.04. The van der Waals surface area contributed by atoms with Gasteiger partial charge in [0.15, 0.2) is 0 Å². The number of fused-ring (bicyclic) bond motifs is 1. The number of likely N-dealkylation sites (tertiary alicyclic amines) is 1. The Balaban J connectivity index is 1.69. The molecule has 128 valence electrons.